The van der Waals surface area contributed by atoms with E-state index in [2.05, 4.69) is 155 Å². The summed E-state index contributed by atoms with van der Waals surface area (Å²) in [5.41, 5.74) is 7.94. The van der Waals surface area contributed by atoms with E-state index in [0.717, 1.165) is 22.1 Å². The molecule has 6 aromatic carbocycles. The van der Waals surface area contributed by atoms with Gasteiger partial charge in [-0.05, 0) is 56.6 Å². The van der Waals surface area contributed by atoms with Crippen LogP contribution in [-0.2, 0) is 10.8 Å². The Bertz CT molecular complexity index is 2540. The number of thiophene rings is 1. The number of aromatic nitrogens is 3. The first-order valence-corrected chi connectivity index (χ1v) is 17.0. The molecule has 0 unspecified atom stereocenters. The van der Waals surface area contributed by atoms with Crippen molar-refractivity contribution in [3.8, 4) is 45.3 Å². The third-order valence-electron chi connectivity index (χ3n) is 10.7. The standard InChI is InChI=1S/C43H33N3S/c1-42(2)34-20-9-7-15-29(34)30-17-11-19-33(38(30)43(42,3)4)41-45-39(28-24-23-26-13-5-6-14-27(26)25-28)44-40(46-41)32-18-12-22-36-37(32)31-16-8-10-21-35(31)47-36/h5-25H,1-4H3. The van der Waals surface area contributed by atoms with Crippen LogP contribution in [-0.4, -0.2) is 15.0 Å². The Morgan fingerprint density at radius 1 is 0.468 bits per heavy atom. The maximum Gasteiger partial charge on any atom is 0.164 e. The van der Waals surface area contributed by atoms with Crippen LogP contribution < -0.4 is 0 Å². The van der Waals surface area contributed by atoms with Crippen LogP contribution >= 0.6 is 11.3 Å². The lowest BCUT2D eigenvalue weighted by molar-refractivity contribution is 0.300. The molecule has 1 aliphatic rings. The summed E-state index contributed by atoms with van der Waals surface area (Å²) >= 11 is 1.81. The quantitative estimate of drug-likeness (QED) is 0.197. The summed E-state index contributed by atoms with van der Waals surface area (Å²) in [7, 11) is 0. The van der Waals surface area contributed by atoms with Crippen molar-refractivity contribution in [3.05, 3.63) is 139 Å². The van der Waals surface area contributed by atoms with Gasteiger partial charge in [0.15, 0.2) is 17.5 Å². The summed E-state index contributed by atoms with van der Waals surface area (Å²) in [6.07, 6.45) is 0. The molecule has 0 saturated heterocycles. The number of benzene rings is 6. The van der Waals surface area contributed by atoms with Crippen molar-refractivity contribution in [2.45, 2.75) is 38.5 Å². The summed E-state index contributed by atoms with van der Waals surface area (Å²) in [6.45, 7) is 9.48. The number of nitrogens with zero attached hydrogens (tertiary/aromatic N) is 3. The lowest BCUT2D eigenvalue weighted by Crippen LogP contribution is -2.44. The Kier molecular flexibility index (Phi) is 6.06. The van der Waals surface area contributed by atoms with E-state index < -0.39 is 0 Å². The van der Waals surface area contributed by atoms with Gasteiger partial charge in [-0.3, -0.25) is 0 Å². The Hall–Kier alpha value is -5.19. The first-order valence-electron chi connectivity index (χ1n) is 16.2. The minimum absolute atomic E-state index is 0.120. The fourth-order valence-electron chi connectivity index (χ4n) is 7.58. The maximum atomic E-state index is 5.36. The summed E-state index contributed by atoms with van der Waals surface area (Å²) < 4.78 is 2.49. The van der Waals surface area contributed by atoms with E-state index >= 15 is 0 Å². The molecule has 0 bridgehead atoms. The molecule has 4 heteroatoms. The maximum absolute atomic E-state index is 5.36. The van der Waals surface area contributed by atoms with Gasteiger partial charge in [0, 0.05) is 42.3 Å². The van der Waals surface area contributed by atoms with Crippen molar-refractivity contribution in [2.24, 2.45) is 0 Å². The topological polar surface area (TPSA) is 38.7 Å². The average Bonchev–Trinajstić information content (AvgIpc) is 3.49. The molecule has 2 aromatic heterocycles. The second-order valence-corrected chi connectivity index (χ2v) is 14.8. The van der Waals surface area contributed by atoms with Crippen molar-refractivity contribution < 1.29 is 0 Å². The number of hydrogen-bond donors (Lipinski definition) is 0. The van der Waals surface area contributed by atoms with Gasteiger partial charge in [0.05, 0.1) is 0 Å². The summed E-state index contributed by atoms with van der Waals surface area (Å²) in [5, 5.41) is 4.78. The van der Waals surface area contributed by atoms with Crippen molar-refractivity contribution >= 4 is 42.3 Å². The van der Waals surface area contributed by atoms with Crippen molar-refractivity contribution in [1.29, 1.82) is 0 Å². The summed E-state index contributed by atoms with van der Waals surface area (Å²) in [6, 6.07) is 45.5. The molecule has 0 amide bonds. The van der Waals surface area contributed by atoms with Crippen LogP contribution in [0.5, 0.6) is 0 Å². The molecule has 1 aliphatic carbocycles. The number of fused-ring (bicyclic) bond motifs is 7. The molecule has 0 radical (unpaired) electrons. The van der Waals surface area contributed by atoms with E-state index in [9.17, 15) is 0 Å². The van der Waals surface area contributed by atoms with Crippen LogP contribution in [0.3, 0.4) is 0 Å². The molecule has 0 fully saturated rings. The second kappa shape index (κ2) is 10.2. The van der Waals surface area contributed by atoms with Gasteiger partial charge in [-0.15, -0.1) is 11.3 Å². The lowest BCUT2D eigenvalue weighted by Gasteiger charge is -2.49. The highest BCUT2D eigenvalue weighted by atomic mass is 32.1. The predicted molar refractivity (Wildman–Crippen MR) is 198 cm³/mol. The Morgan fingerprint density at radius 2 is 1.09 bits per heavy atom. The normalized spacial score (nSPS) is 14.7. The molecule has 0 spiro atoms. The van der Waals surface area contributed by atoms with Crippen molar-refractivity contribution in [1.82, 2.24) is 15.0 Å². The van der Waals surface area contributed by atoms with Crippen LogP contribution in [0.1, 0.15) is 38.8 Å². The van der Waals surface area contributed by atoms with Gasteiger partial charge in [0.1, 0.15) is 0 Å². The highest BCUT2D eigenvalue weighted by Gasteiger charge is 2.47. The molecule has 2 heterocycles. The fraction of sp³-hybridized carbons (Fsp3) is 0.140. The third kappa shape index (κ3) is 4.14. The predicted octanol–water partition coefficient (Wildman–Crippen LogP) is 11.6. The molecule has 3 nitrogen and oxygen atoms in total. The zero-order chi connectivity index (χ0) is 31.9. The van der Waals surface area contributed by atoms with Crippen LogP contribution in [0.25, 0.3) is 76.2 Å². The highest BCUT2D eigenvalue weighted by molar-refractivity contribution is 7.25. The first kappa shape index (κ1) is 28.1. The Morgan fingerprint density at radius 3 is 1.96 bits per heavy atom. The van der Waals surface area contributed by atoms with Gasteiger partial charge in [0.2, 0.25) is 0 Å². The van der Waals surface area contributed by atoms with Crippen molar-refractivity contribution in [2.75, 3.05) is 0 Å². The van der Waals surface area contributed by atoms with Crippen LogP contribution in [0.2, 0.25) is 0 Å². The van der Waals surface area contributed by atoms with Gasteiger partial charge in [0.25, 0.3) is 0 Å². The van der Waals surface area contributed by atoms with E-state index in [4.69, 9.17) is 15.0 Å². The van der Waals surface area contributed by atoms with E-state index in [0.29, 0.717) is 17.5 Å². The Labute approximate surface area is 278 Å². The molecule has 0 atom stereocenters. The second-order valence-electron chi connectivity index (χ2n) is 13.7. The lowest BCUT2D eigenvalue weighted by atomic mass is 9.54. The monoisotopic (exact) mass is 623 g/mol. The third-order valence-corrected chi connectivity index (χ3v) is 11.8. The summed E-state index contributed by atoms with van der Waals surface area (Å²) in [4.78, 5) is 15.9. The molecule has 0 saturated carbocycles. The van der Waals surface area contributed by atoms with Crippen LogP contribution in [0, 0.1) is 0 Å². The largest absolute Gasteiger partial charge is 0.208 e. The van der Waals surface area contributed by atoms with Crippen LogP contribution in [0.4, 0.5) is 0 Å². The van der Waals surface area contributed by atoms with Crippen molar-refractivity contribution in [3.63, 3.8) is 0 Å². The SMILES string of the molecule is CC1(C)c2ccccc2-c2cccc(-c3nc(-c4ccc5ccccc5c4)nc(-c4cccc5sc6ccccc6c45)n3)c2C1(C)C. The molecule has 47 heavy (non-hydrogen) atoms. The van der Waals surface area contributed by atoms with Gasteiger partial charge < -0.3 is 0 Å². The molecule has 226 valence electrons. The molecule has 8 aromatic rings. The van der Waals surface area contributed by atoms with E-state index in [1.807, 2.05) is 11.3 Å². The first-order chi connectivity index (χ1) is 22.8. The van der Waals surface area contributed by atoms with Crippen LogP contribution in [0.15, 0.2) is 127 Å². The molecule has 0 N–H and O–H groups in total. The van der Waals surface area contributed by atoms with E-state index in [1.165, 1.54) is 47.8 Å². The molecule has 9 rings (SSSR count). The highest BCUT2D eigenvalue weighted by Crippen LogP contribution is 2.56. The number of rotatable bonds is 3. The van der Waals surface area contributed by atoms with Gasteiger partial charge in [-0.1, -0.05) is 137 Å². The van der Waals surface area contributed by atoms with Gasteiger partial charge in [-0.25, -0.2) is 15.0 Å². The van der Waals surface area contributed by atoms with Gasteiger partial charge in [-0.2, -0.15) is 0 Å². The average molecular weight is 624 g/mol. The fourth-order valence-corrected chi connectivity index (χ4v) is 8.72. The van der Waals surface area contributed by atoms with E-state index in [1.54, 1.807) is 0 Å². The smallest absolute Gasteiger partial charge is 0.164 e. The molecule has 0 aliphatic heterocycles. The van der Waals surface area contributed by atoms with E-state index in [-0.39, 0.29) is 10.8 Å². The van der Waals surface area contributed by atoms with Gasteiger partial charge >= 0.3 is 0 Å². The number of hydrogen-bond acceptors (Lipinski definition) is 4. The summed E-state index contributed by atoms with van der Waals surface area (Å²) in [5.74, 6) is 2.08. The minimum atomic E-state index is -0.202. The zero-order valence-electron chi connectivity index (χ0n) is 26.9. The zero-order valence-corrected chi connectivity index (χ0v) is 27.7. The minimum Gasteiger partial charge on any atom is -0.208 e. The Balaban J connectivity index is 1.36. The molecular formula is C43H33N3S. The molecular weight excluding hydrogens is 591 g/mol.